The number of aromatic nitrogens is 2. The summed E-state index contributed by atoms with van der Waals surface area (Å²) in [5.74, 6) is 2.49. The molecular weight excluding hydrogens is 601 g/mol. The number of pyridine rings is 1. The Kier molecular flexibility index (Phi) is 7.85. The number of nitrogens with zero attached hydrogens (tertiary/aromatic N) is 4. The van der Waals surface area contributed by atoms with Gasteiger partial charge in [0.05, 0.1) is 17.7 Å². The largest absolute Gasteiger partial charge is 0.457 e. The molecule has 1 aliphatic rings. The van der Waals surface area contributed by atoms with E-state index in [1.807, 2.05) is 12.3 Å². The van der Waals surface area contributed by atoms with Crippen molar-refractivity contribution in [3.8, 4) is 17.3 Å². The molecule has 0 unspecified atom stereocenters. The van der Waals surface area contributed by atoms with E-state index >= 15 is 0 Å². The molecule has 2 aromatic heterocycles. The molecule has 3 heterocycles. The molecule has 6 aromatic rings. The fraction of sp³-hybridized carbons (Fsp3) is 0.295. The number of fused-ring (bicyclic) bond motifs is 3. The van der Waals surface area contributed by atoms with Gasteiger partial charge in [-0.05, 0) is 93.6 Å². The van der Waals surface area contributed by atoms with Gasteiger partial charge in [0.15, 0.2) is 0 Å². The normalized spacial score (nSPS) is 14.0. The monoisotopic (exact) mass is 648 g/mol. The Morgan fingerprint density at radius 3 is 1.84 bits per heavy atom. The van der Waals surface area contributed by atoms with Crippen LogP contribution in [0.2, 0.25) is 0 Å². The molecule has 0 spiro atoms. The Labute approximate surface area is 291 Å². The molecule has 7 rings (SSSR count). The van der Waals surface area contributed by atoms with E-state index in [0.29, 0.717) is 0 Å². The Morgan fingerprint density at radius 1 is 0.531 bits per heavy atom. The third-order valence-electron chi connectivity index (χ3n) is 9.60. The summed E-state index contributed by atoms with van der Waals surface area (Å²) in [6, 6.07) is 34.8. The number of hydrogen-bond donors (Lipinski definition) is 0. The van der Waals surface area contributed by atoms with Gasteiger partial charge in [-0.1, -0.05) is 86.6 Å². The molecule has 250 valence electrons. The van der Waals surface area contributed by atoms with Crippen LogP contribution in [0.4, 0.5) is 11.4 Å². The standard InChI is InChI=1S/C44H48N4O/c1-42(2,3)30-12-10-13-33(24-30)46-22-23-47(29-46)34-14-11-15-35(27-34)49-36-17-18-37-38-25-31(43(4,5)6)16-19-39(38)48(40(37)28-36)41-26-32(20-21-45-41)44(7,8)9/h10-28H,29H2,1-9H3. The predicted molar refractivity (Wildman–Crippen MR) is 207 cm³/mol. The first-order valence-electron chi connectivity index (χ1n) is 17.3. The molecule has 0 atom stereocenters. The highest BCUT2D eigenvalue weighted by atomic mass is 16.5. The minimum Gasteiger partial charge on any atom is -0.457 e. The quantitative estimate of drug-likeness (QED) is 0.186. The van der Waals surface area contributed by atoms with E-state index in [1.165, 1.54) is 33.2 Å². The van der Waals surface area contributed by atoms with Gasteiger partial charge in [-0.3, -0.25) is 4.57 Å². The van der Waals surface area contributed by atoms with Crippen molar-refractivity contribution >= 4 is 33.2 Å². The molecule has 0 radical (unpaired) electrons. The second-order valence-electron chi connectivity index (χ2n) is 16.4. The first-order chi connectivity index (χ1) is 23.1. The van der Waals surface area contributed by atoms with Crippen LogP contribution in [0.1, 0.15) is 79.0 Å². The summed E-state index contributed by atoms with van der Waals surface area (Å²) >= 11 is 0. The second kappa shape index (κ2) is 11.8. The van der Waals surface area contributed by atoms with Crippen LogP contribution in [0.25, 0.3) is 27.6 Å². The maximum Gasteiger partial charge on any atom is 0.137 e. The van der Waals surface area contributed by atoms with Crippen LogP contribution in [-0.4, -0.2) is 16.2 Å². The molecule has 5 nitrogen and oxygen atoms in total. The summed E-state index contributed by atoms with van der Waals surface area (Å²) < 4.78 is 8.88. The summed E-state index contributed by atoms with van der Waals surface area (Å²) in [7, 11) is 0. The van der Waals surface area contributed by atoms with Gasteiger partial charge in [0, 0.05) is 52.9 Å². The predicted octanol–water partition coefficient (Wildman–Crippen LogP) is 11.6. The van der Waals surface area contributed by atoms with E-state index in [0.717, 1.165) is 40.7 Å². The number of anilines is 2. The third-order valence-corrected chi connectivity index (χ3v) is 9.60. The highest BCUT2D eigenvalue weighted by Gasteiger charge is 2.22. The zero-order valence-electron chi connectivity index (χ0n) is 30.4. The van der Waals surface area contributed by atoms with Crippen molar-refractivity contribution in [2.45, 2.75) is 78.6 Å². The molecule has 49 heavy (non-hydrogen) atoms. The number of benzene rings is 4. The number of ether oxygens (including phenoxy) is 1. The lowest BCUT2D eigenvalue weighted by molar-refractivity contribution is 0.483. The average molecular weight is 649 g/mol. The van der Waals surface area contributed by atoms with E-state index in [2.05, 4.69) is 180 Å². The maximum atomic E-state index is 6.60. The molecule has 0 aliphatic carbocycles. The van der Waals surface area contributed by atoms with Crippen molar-refractivity contribution in [3.63, 3.8) is 0 Å². The van der Waals surface area contributed by atoms with Crippen LogP contribution in [0, 0.1) is 0 Å². The van der Waals surface area contributed by atoms with E-state index in [1.54, 1.807) is 0 Å². The van der Waals surface area contributed by atoms with Crippen LogP contribution >= 0.6 is 0 Å². The zero-order chi connectivity index (χ0) is 34.7. The third kappa shape index (κ3) is 6.42. The minimum atomic E-state index is 0.00711. The summed E-state index contributed by atoms with van der Waals surface area (Å²) in [5, 5.41) is 2.40. The van der Waals surface area contributed by atoms with E-state index in [9.17, 15) is 0 Å². The van der Waals surface area contributed by atoms with E-state index in [4.69, 9.17) is 9.72 Å². The van der Waals surface area contributed by atoms with E-state index < -0.39 is 0 Å². The summed E-state index contributed by atoms with van der Waals surface area (Å²) in [5.41, 5.74) is 8.52. The molecule has 0 bridgehead atoms. The van der Waals surface area contributed by atoms with Crippen LogP contribution in [0.15, 0.2) is 116 Å². The lowest BCUT2D eigenvalue weighted by Gasteiger charge is -2.24. The molecule has 0 saturated heterocycles. The highest BCUT2D eigenvalue weighted by Crippen LogP contribution is 2.38. The smallest absolute Gasteiger partial charge is 0.137 e. The Hall–Kier alpha value is -5.03. The molecule has 0 fully saturated rings. The van der Waals surface area contributed by atoms with Gasteiger partial charge in [0.2, 0.25) is 0 Å². The van der Waals surface area contributed by atoms with Gasteiger partial charge in [-0.25, -0.2) is 4.98 Å². The molecule has 0 amide bonds. The SMILES string of the molecule is CC(C)(C)c1cccc(N2C=CN(c3cccc(Oc4ccc5c6cc(C(C)(C)C)ccc6n(-c6cc(C(C)(C)C)ccn6)c5c4)c3)C2)c1. The fourth-order valence-electron chi connectivity index (χ4n) is 6.55. The van der Waals surface area contributed by atoms with Crippen LogP contribution in [0.3, 0.4) is 0 Å². The van der Waals surface area contributed by atoms with Crippen LogP contribution in [0.5, 0.6) is 11.5 Å². The zero-order valence-corrected chi connectivity index (χ0v) is 30.4. The van der Waals surface area contributed by atoms with Crippen LogP contribution in [-0.2, 0) is 16.2 Å². The molecule has 0 saturated carbocycles. The van der Waals surface area contributed by atoms with Gasteiger partial charge >= 0.3 is 0 Å². The number of hydrogen-bond acceptors (Lipinski definition) is 4. The molecule has 5 heteroatoms. The van der Waals surface area contributed by atoms with Crippen molar-refractivity contribution in [2.75, 3.05) is 16.5 Å². The fourth-order valence-corrected chi connectivity index (χ4v) is 6.55. The second-order valence-corrected chi connectivity index (χ2v) is 16.4. The summed E-state index contributed by atoms with van der Waals surface area (Å²) in [6.07, 6.45) is 6.21. The highest BCUT2D eigenvalue weighted by molar-refractivity contribution is 6.09. The van der Waals surface area contributed by atoms with Crippen molar-refractivity contribution in [2.24, 2.45) is 0 Å². The number of rotatable bonds is 5. The molecule has 0 N–H and O–H groups in total. The topological polar surface area (TPSA) is 33.5 Å². The molecule has 1 aliphatic heterocycles. The molecule has 4 aromatic carbocycles. The van der Waals surface area contributed by atoms with Gasteiger partial charge in [0.25, 0.3) is 0 Å². The lowest BCUT2D eigenvalue weighted by atomic mass is 9.86. The summed E-state index contributed by atoms with van der Waals surface area (Å²) in [4.78, 5) is 9.42. The van der Waals surface area contributed by atoms with Gasteiger partial charge in [-0.2, -0.15) is 0 Å². The first kappa shape index (κ1) is 32.5. The van der Waals surface area contributed by atoms with Crippen molar-refractivity contribution in [1.82, 2.24) is 9.55 Å². The average Bonchev–Trinajstić information content (AvgIpc) is 3.67. The molecular formula is C44H48N4O. The minimum absolute atomic E-state index is 0.00711. The van der Waals surface area contributed by atoms with Crippen LogP contribution < -0.4 is 14.5 Å². The van der Waals surface area contributed by atoms with Crippen molar-refractivity contribution in [1.29, 1.82) is 0 Å². The van der Waals surface area contributed by atoms with E-state index in [-0.39, 0.29) is 16.2 Å². The van der Waals surface area contributed by atoms with Gasteiger partial charge in [-0.15, -0.1) is 0 Å². The maximum absolute atomic E-state index is 6.60. The van der Waals surface area contributed by atoms with Gasteiger partial charge in [0.1, 0.15) is 17.3 Å². The Bertz CT molecular complexity index is 2200. The van der Waals surface area contributed by atoms with Crippen molar-refractivity contribution < 1.29 is 4.74 Å². The lowest BCUT2D eigenvalue weighted by Crippen LogP contribution is -2.25. The first-order valence-corrected chi connectivity index (χ1v) is 17.3. The Balaban J connectivity index is 1.22. The van der Waals surface area contributed by atoms with Crippen molar-refractivity contribution in [3.05, 3.63) is 132 Å². The Morgan fingerprint density at radius 2 is 1.14 bits per heavy atom. The van der Waals surface area contributed by atoms with Gasteiger partial charge < -0.3 is 14.5 Å². The summed E-state index contributed by atoms with van der Waals surface area (Å²) in [6.45, 7) is 21.0.